The average molecular weight is 309 g/mol. The van der Waals surface area contributed by atoms with E-state index in [0.717, 1.165) is 17.2 Å². The molecule has 116 valence electrons. The van der Waals surface area contributed by atoms with Crippen LogP contribution in [0.3, 0.4) is 0 Å². The number of hydrogen-bond donors (Lipinski definition) is 2. The van der Waals surface area contributed by atoms with Gasteiger partial charge in [-0.1, -0.05) is 29.8 Å². The summed E-state index contributed by atoms with van der Waals surface area (Å²) >= 11 is 0. The number of hydrogen-bond acceptors (Lipinski definition) is 5. The number of carbonyl (C=O) groups is 1. The van der Waals surface area contributed by atoms with Crippen molar-refractivity contribution in [1.29, 1.82) is 0 Å². The first-order valence-corrected chi connectivity index (χ1v) is 7.06. The van der Waals surface area contributed by atoms with Crippen molar-refractivity contribution >= 4 is 11.5 Å². The lowest BCUT2D eigenvalue weighted by Crippen LogP contribution is -2.00. The molecule has 6 heteroatoms. The second-order valence-electron chi connectivity index (χ2n) is 5.15. The van der Waals surface area contributed by atoms with E-state index in [1.54, 1.807) is 6.07 Å². The third-order valence-electron chi connectivity index (χ3n) is 3.40. The van der Waals surface area contributed by atoms with Gasteiger partial charge in [-0.3, -0.25) is 9.89 Å². The van der Waals surface area contributed by atoms with Crippen LogP contribution in [0.5, 0.6) is 0 Å². The van der Waals surface area contributed by atoms with Gasteiger partial charge in [0.2, 0.25) is 11.6 Å². The van der Waals surface area contributed by atoms with Crippen molar-refractivity contribution in [2.45, 2.75) is 13.3 Å². The summed E-state index contributed by atoms with van der Waals surface area (Å²) in [5.41, 5.74) is 3.02. The Morgan fingerprint density at radius 2 is 2.09 bits per heavy atom. The van der Waals surface area contributed by atoms with Crippen LogP contribution in [0.25, 0.3) is 5.76 Å². The van der Waals surface area contributed by atoms with Crippen LogP contribution < -0.4 is 0 Å². The van der Waals surface area contributed by atoms with Gasteiger partial charge in [0, 0.05) is 18.1 Å². The molecule has 6 nitrogen and oxygen atoms in total. The fraction of sp³-hybridized carbons (Fsp3) is 0.118. The molecule has 1 aromatic carbocycles. The van der Waals surface area contributed by atoms with E-state index in [9.17, 15) is 9.90 Å². The minimum atomic E-state index is -0.431. The predicted octanol–water partition coefficient (Wildman–Crippen LogP) is 3.08. The molecule has 23 heavy (non-hydrogen) atoms. The zero-order chi connectivity index (χ0) is 16.2. The predicted molar refractivity (Wildman–Crippen MR) is 84.0 cm³/mol. The summed E-state index contributed by atoms with van der Waals surface area (Å²) in [7, 11) is 0. The number of aromatic amines is 1. The van der Waals surface area contributed by atoms with Crippen molar-refractivity contribution in [1.82, 2.24) is 15.2 Å². The summed E-state index contributed by atoms with van der Waals surface area (Å²) in [5, 5.41) is 16.0. The Balaban J connectivity index is 1.81. The van der Waals surface area contributed by atoms with Crippen LogP contribution in [0.15, 0.2) is 53.4 Å². The number of H-pyrrole nitrogens is 1. The van der Waals surface area contributed by atoms with Crippen molar-refractivity contribution in [3.8, 4) is 0 Å². The number of furan rings is 1. The van der Waals surface area contributed by atoms with Gasteiger partial charge in [-0.15, -0.1) is 0 Å². The number of allylic oxidation sites excluding steroid dienone is 1. The second-order valence-corrected chi connectivity index (χ2v) is 5.15. The SMILES string of the molecule is Cc1ccc(Cc2ccoc2C(=O)C=C(O)c2nc[nH]n2)cc1. The number of aliphatic hydroxyl groups excluding tert-OH is 1. The number of nitrogens with one attached hydrogen (secondary N) is 1. The van der Waals surface area contributed by atoms with Crippen LogP contribution in [-0.2, 0) is 6.42 Å². The van der Waals surface area contributed by atoms with Gasteiger partial charge in [-0.2, -0.15) is 5.10 Å². The van der Waals surface area contributed by atoms with Crippen molar-refractivity contribution < 1.29 is 14.3 Å². The lowest BCUT2D eigenvalue weighted by Gasteiger charge is -2.02. The topological polar surface area (TPSA) is 92.0 Å². The Hall–Kier alpha value is -3.15. The highest BCUT2D eigenvalue weighted by molar-refractivity contribution is 6.06. The molecule has 0 bridgehead atoms. The maximum atomic E-state index is 12.3. The summed E-state index contributed by atoms with van der Waals surface area (Å²) in [6, 6.07) is 9.82. The molecule has 0 amide bonds. The fourth-order valence-electron chi connectivity index (χ4n) is 2.20. The van der Waals surface area contributed by atoms with Crippen LogP contribution >= 0.6 is 0 Å². The highest BCUT2D eigenvalue weighted by atomic mass is 16.3. The number of nitrogens with zero attached hydrogens (tertiary/aromatic N) is 2. The maximum Gasteiger partial charge on any atom is 0.225 e. The Labute approximate surface area is 132 Å². The highest BCUT2D eigenvalue weighted by Gasteiger charge is 2.16. The molecule has 0 fully saturated rings. The minimum absolute atomic E-state index is 0.0602. The van der Waals surface area contributed by atoms with Gasteiger partial charge in [0.15, 0.2) is 11.5 Å². The van der Waals surface area contributed by atoms with Gasteiger partial charge >= 0.3 is 0 Å². The third kappa shape index (κ3) is 3.37. The van der Waals surface area contributed by atoms with E-state index in [-0.39, 0.29) is 17.3 Å². The number of ketones is 1. The average Bonchev–Trinajstić information content (AvgIpc) is 3.20. The first kappa shape index (κ1) is 14.8. The molecule has 0 atom stereocenters. The van der Waals surface area contributed by atoms with Gasteiger partial charge in [0.05, 0.1) is 6.26 Å². The third-order valence-corrected chi connectivity index (χ3v) is 3.40. The molecule has 0 radical (unpaired) electrons. The molecule has 2 aromatic heterocycles. The fourth-order valence-corrected chi connectivity index (χ4v) is 2.20. The molecule has 0 aliphatic rings. The van der Waals surface area contributed by atoms with Crippen molar-refractivity contribution in [3.05, 3.63) is 77.3 Å². The van der Waals surface area contributed by atoms with Crippen LogP contribution in [0, 0.1) is 6.92 Å². The second kappa shape index (κ2) is 6.31. The smallest absolute Gasteiger partial charge is 0.225 e. The van der Waals surface area contributed by atoms with E-state index in [1.807, 2.05) is 31.2 Å². The van der Waals surface area contributed by atoms with E-state index in [4.69, 9.17) is 4.42 Å². The number of aryl methyl sites for hydroxylation is 1. The van der Waals surface area contributed by atoms with Crippen molar-refractivity contribution in [2.75, 3.05) is 0 Å². The molecule has 3 aromatic rings. The summed E-state index contributed by atoms with van der Waals surface area (Å²) < 4.78 is 5.29. The molecule has 0 saturated heterocycles. The Morgan fingerprint density at radius 3 is 2.78 bits per heavy atom. The Morgan fingerprint density at radius 1 is 1.30 bits per heavy atom. The summed E-state index contributed by atoms with van der Waals surface area (Å²) in [4.78, 5) is 16.1. The quantitative estimate of drug-likeness (QED) is 0.429. The monoisotopic (exact) mass is 309 g/mol. The zero-order valence-corrected chi connectivity index (χ0v) is 12.5. The van der Waals surface area contributed by atoms with Crippen LogP contribution in [0.2, 0.25) is 0 Å². The van der Waals surface area contributed by atoms with E-state index in [0.29, 0.717) is 6.42 Å². The van der Waals surface area contributed by atoms with E-state index in [2.05, 4.69) is 15.2 Å². The van der Waals surface area contributed by atoms with E-state index in [1.165, 1.54) is 18.2 Å². The summed E-state index contributed by atoms with van der Waals surface area (Å²) in [5.74, 6) is -0.481. The van der Waals surface area contributed by atoms with E-state index < -0.39 is 5.78 Å². The number of rotatable bonds is 5. The molecule has 0 saturated carbocycles. The van der Waals surface area contributed by atoms with Crippen LogP contribution in [0.4, 0.5) is 0 Å². The zero-order valence-electron chi connectivity index (χ0n) is 12.5. The van der Waals surface area contributed by atoms with Gasteiger partial charge in [0.25, 0.3) is 0 Å². The van der Waals surface area contributed by atoms with Gasteiger partial charge < -0.3 is 9.52 Å². The van der Waals surface area contributed by atoms with E-state index >= 15 is 0 Å². The Kier molecular flexibility index (Phi) is 4.05. The molecular formula is C17H15N3O3. The Bertz CT molecular complexity index is 830. The molecule has 0 aliphatic carbocycles. The minimum Gasteiger partial charge on any atom is -0.504 e. The van der Waals surface area contributed by atoms with Crippen LogP contribution in [0.1, 0.15) is 33.1 Å². The number of aliphatic hydroxyl groups is 1. The first-order valence-electron chi connectivity index (χ1n) is 7.06. The summed E-state index contributed by atoms with van der Waals surface area (Å²) in [6.07, 6.45) is 4.42. The number of aromatic nitrogens is 3. The maximum absolute atomic E-state index is 12.3. The molecule has 3 rings (SSSR count). The van der Waals surface area contributed by atoms with Crippen molar-refractivity contribution in [3.63, 3.8) is 0 Å². The summed E-state index contributed by atoms with van der Waals surface area (Å²) in [6.45, 7) is 2.02. The lowest BCUT2D eigenvalue weighted by atomic mass is 10.0. The molecule has 0 unspecified atom stereocenters. The highest BCUT2D eigenvalue weighted by Crippen LogP contribution is 2.18. The molecule has 0 spiro atoms. The number of carbonyl (C=O) groups excluding carboxylic acids is 1. The molecule has 2 N–H and O–H groups in total. The number of benzene rings is 1. The van der Waals surface area contributed by atoms with Crippen molar-refractivity contribution in [2.24, 2.45) is 0 Å². The van der Waals surface area contributed by atoms with Gasteiger partial charge in [-0.25, -0.2) is 4.98 Å². The molecular weight excluding hydrogens is 294 g/mol. The molecule has 0 aliphatic heterocycles. The van der Waals surface area contributed by atoms with Gasteiger partial charge in [-0.05, 0) is 18.6 Å². The molecule has 2 heterocycles. The van der Waals surface area contributed by atoms with Crippen LogP contribution in [-0.4, -0.2) is 26.1 Å². The standard InChI is InChI=1S/C17H15N3O3/c1-11-2-4-12(5-3-11)8-13-6-7-23-16(13)14(21)9-15(22)17-18-10-19-20-17/h2-7,9-10,22H,8H2,1H3,(H,18,19,20). The normalized spacial score (nSPS) is 11.6. The lowest BCUT2D eigenvalue weighted by molar-refractivity contribution is 0.102. The largest absolute Gasteiger partial charge is 0.504 e. The first-order chi connectivity index (χ1) is 11.1. The van der Waals surface area contributed by atoms with Gasteiger partial charge in [0.1, 0.15) is 6.33 Å².